The zero-order chi connectivity index (χ0) is 18.2. The molecule has 0 N–H and O–H groups in total. The van der Waals surface area contributed by atoms with E-state index in [2.05, 4.69) is 0 Å². The van der Waals surface area contributed by atoms with E-state index in [1.54, 1.807) is 6.92 Å². The topological polar surface area (TPSA) is 98.8 Å². The fourth-order valence-corrected chi connectivity index (χ4v) is 4.34. The van der Waals surface area contributed by atoms with Crippen LogP contribution in [0, 0.1) is 5.92 Å². The Labute approximate surface area is 139 Å². The molecule has 0 unspecified atom stereocenters. The average molecular weight is 346 g/mol. The first-order valence-corrected chi connectivity index (χ1v) is 7.49. The Morgan fingerprint density at radius 3 is 1.83 bits per heavy atom. The number of carbonyl (C=O) groups is 2. The average Bonchev–Trinajstić information content (AvgIpc) is 2.66. The maximum atomic E-state index is 12.7. The van der Waals surface area contributed by atoms with E-state index in [0.29, 0.717) is 0 Å². The van der Waals surface area contributed by atoms with Crippen molar-refractivity contribution in [1.82, 2.24) is 0 Å². The molecule has 0 aromatic rings. The molecule has 0 radical (unpaired) electrons. The summed E-state index contributed by atoms with van der Waals surface area (Å²) in [6, 6.07) is 0. The lowest BCUT2D eigenvalue weighted by Crippen LogP contribution is -2.79. The van der Waals surface area contributed by atoms with Crippen molar-refractivity contribution in [1.29, 1.82) is 0 Å². The number of carbonyl (C=O) groups excluding carboxylic acids is 2. The summed E-state index contributed by atoms with van der Waals surface area (Å²) in [7, 11) is 3.79. The lowest BCUT2D eigenvalue weighted by molar-refractivity contribution is -0.506. The Balaban J connectivity index is 2.28. The normalized spacial score (nSPS) is 52.2. The molecule has 9 nitrogen and oxygen atoms in total. The molecule has 0 amide bonds. The lowest BCUT2D eigenvalue weighted by Gasteiger charge is -2.58. The fourth-order valence-electron chi connectivity index (χ4n) is 4.34. The Hall–Kier alpha value is -1.26. The van der Waals surface area contributed by atoms with Gasteiger partial charge in [0, 0.05) is 7.11 Å². The van der Waals surface area contributed by atoms with Crippen LogP contribution in [0.5, 0.6) is 0 Å². The van der Waals surface area contributed by atoms with Crippen molar-refractivity contribution in [2.75, 3.05) is 21.3 Å². The molecule has 9 heteroatoms. The van der Waals surface area contributed by atoms with E-state index >= 15 is 0 Å². The monoisotopic (exact) mass is 346 g/mol. The van der Waals surface area contributed by atoms with Gasteiger partial charge in [0.2, 0.25) is 11.6 Å². The third-order valence-corrected chi connectivity index (χ3v) is 5.18. The van der Waals surface area contributed by atoms with Crippen LogP contribution in [0.1, 0.15) is 27.7 Å². The minimum atomic E-state index is -1.90. The largest absolute Gasteiger partial charge is 0.468 e. The summed E-state index contributed by atoms with van der Waals surface area (Å²) in [4.78, 5) is 25.1. The van der Waals surface area contributed by atoms with Gasteiger partial charge in [-0.3, -0.25) is 4.79 Å². The Morgan fingerprint density at radius 1 is 0.833 bits per heavy atom. The summed E-state index contributed by atoms with van der Waals surface area (Å²) in [5.74, 6) is -8.87. The number of hydrogen-bond donors (Lipinski definition) is 0. The molecule has 0 aromatic carbocycles. The second-order valence-electron chi connectivity index (χ2n) is 6.66. The third kappa shape index (κ3) is 1.66. The van der Waals surface area contributed by atoms with E-state index in [0.717, 1.165) is 0 Å². The van der Waals surface area contributed by atoms with Crippen LogP contribution in [0.4, 0.5) is 0 Å². The highest BCUT2D eigenvalue weighted by molar-refractivity contribution is 5.84. The highest BCUT2D eigenvalue weighted by Crippen LogP contribution is 2.66. The highest BCUT2D eigenvalue weighted by atomic mass is 16.9. The molecule has 0 aliphatic carbocycles. The van der Waals surface area contributed by atoms with Gasteiger partial charge in [-0.2, -0.15) is 0 Å². The molecule has 3 bridgehead atoms. The van der Waals surface area contributed by atoms with Crippen molar-refractivity contribution in [3.8, 4) is 0 Å². The van der Waals surface area contributed by atoms with Gasteiger partial charge >= 0.3 is 11.9 Å². The predicted molar refractivity (Wildman–Crippen MR) is 75.2 cm³/mol. The summed E-state index contributed by atoms with van der Waals surface area (Å²) in [6.07, 6.45) is 0. The van der Waals surface area contributed by atoms with Crippen molar-refractivity contribution in [2.45, 2.75) is 56.4 Å². The lowest BCUT2D eigenvalue weighted by atomic mass is 9.81. The van der Waals surface area contributed by atoms with Crippen LogP contribution in [-0.4, -0.2) is 62.0 Å². The molecule has 3 fully saturated rings. The van der Waals surface area contributed by atoms with Gasteiger partial charge in [0.1, 0.15) is 0 Å². The van der Waals surface area contributed by atoms with E-state index < -0.39 is 46.6 Å². The Bertz CT molecular complexity index is 602. The first kappa shape index (κ1) is 17.6. The predicted octanol–water partition coefficient (Wildman–Crippen LogP) is 0.306. The van der Waals surface area contributed by atoms with Gasteiger partial charge in [-0.25, -0.2) is 4.79 Å². The van der Waals surface area contributed by atoms with Crippen molar-refractivity contribution in [3.05, 3.63) is 0 Å². The molecule has 24 heavy (non-hydrogen) atoms. The maximum absolute atomic E-state index is 12.7. The number of esters is 2. The van der Waals surface area contributed by atoms with Crippen LogP contribution < -0.4 is 0 Å². The molecule has 136 valence electrons. The first-order valence-electron chi connectivity index (χ1n) is 7.49. The van der Waals surface area contributed by atoms with Gasteiger partial charge in [-0.1, -0.05) is 0 Å². The maximum Gasteiger partial charge on any atom is 0.349 e. The summed E-state index contributed by atoms with van der Waals surface area (Å²) in [6.45, 7) is 6.13. The van der Waals surface area contributed by atoms with Crippen LogP contribution in [0.25, 0.3) is 0 Å². The first-order chi connectivity index (χ1) is 11.0. The van der Waals surface area contributed by atoms with Gasteiger partial charge in [0.15, 0.2) is 17.5 Å². The van der Waals surface area contributed by atoms with Crippen molar-refractivity contribution in [2.24, 2.45) is 5.92 Å². The molecular formula is C15H22O9. The number of fused-ring (bicyclic) bond motifs is 2. The molecule has 3 aliphatic heterocycles. The number of methoxy groups -OCH3 is 3. The van der Waals surface area contributed by atoms with Crippen LogP contribution in [-0.2, 0) is 42.7 Å². The van der Waals surface area contributed by atoms with Gasteiger partial charge in [-0.05, 0) is 27.7 Å². The molecule has 0 saturated carbocycles. The molecule has 3 rings (SSSR count). The smallest absolute Gasteiger partial charge is 0.349 e. The fraction of sp³-hybridized carbons (Fsp3) is 0.867. The van der Waals surface area contributed by atoms with E-state index in [9.17, 15) is 9.59 Å². The van der Waals surface area contributed by atoms with Crippen LogP contribution >= 0.6 is 0 Å². The van der Waals surface area contributed by atoms with E-state index in [4.69, 9.17) is 33.2 Å². The molecule has 0 spiro atoms. The number of ether oxygens (including phenoxy) is 7. The number of hydrogen-bond acceptors (Lipinski definition) is 9. The second-order valence-corrected chi connectivity index (χ2v) is 6.66. The molecule has 3 aliphatic rings. The summed E-state index contributed by atoms with van der Waals surface area (Å²) in [5.41, 5.74) is -1.90. The Morgan fingerprint density at radius 2 is 1.38 bits per heavy atom. The zero-order valence-electron chi connectivity index (χ0n) is 14.8. The number of rotatable bonds is 3. The molecule has 3 saturated heterocycles. The molecular weight excluding hydrogens is 324 g/mol. The molecule has 6 atom stereocenters. The van der Waals surface area contributed by atoms with Crippen LogP contribution in [0.15, 0.2) is 0 Å². The highest BCUT2D eigenvalue weighted by Gasteiger charge is 2.88. The van der Waals surface area contributed by atoms with Gasteiger partial charge in [-0.15, -0.1) is 0 Å². The molecule has 0 aromatic heterocycles. The van der Waals surface area contributed by atoms with Crippen LogP contribution in [0.3, 0.4) is 0 Å². The third-order valence-electron chi connectivity index (χ3n) is 5.18. The van der Waals surface area contributed by atoms with E-state index in [1.165, 1.54) is 42.1 Å². The summed E-state index contributed by atoms with van der Waals surface area (Å²) < 4.78 is 39.1. The van der Waals surface area contributed by atoms with Crippen molar-refractivity contribution >= 4 is 11.9 Å². The van der Waals surface area contributed by atoms with Gasteiger partial charge in [0.25, 0.3) is 5.60 Å². The Kier molecular flexibility index (Phi) is 3.42. The minimum absolute atomic E-state index is 0.664. The van der Waals surface area contributed by atoms with Crippen molar-refractivity contribution in [3.63, 3.8) is 0 Å². The SMILES string of the molecule is COC(=O)[C@H]1[C@@]2(C)O[C@]3(C)O[C@]1(C)O[C@@]3(C(=O)OC)[C@](C)(OC)O2. The summed E-state index contributed by atoms with van der Waals surface area (Å²) >= 11 is 0. The molecule has 3 heterocycles. The van der Waals surface area contributed by atoms with E-state index in [1.807, 2.05) is 0 Å². The van der Waals surface area contributed by atoms with Gasteiger partial charge < -0.3 is 33.2 Å². The minimum Gasteiger partial charge on any atom is -0.468 e. The quantitative estimate of drug-likeness (QED) is 0.668. The van der Waals surface area contributed by atoms with Crippen LogP contribution in [0.2, 0.25) is 0 Å². The summed E-state index contributed by atoms with van der Waals surface area (Å²) in [5, 5.41) is 0. The standard InChI is InChI=1S/C15H22O9/c1-11-8(9(16)18-5)12(2)23-14(4,22-11)15(24-12,10(17)19-6)13(3,20-7)21-11/h8H,1-7H3/t8-,11+,12+,13+,14+,15-/m0/s1. The van der Waals surface area contributed by atoms with E-state index in [-0.39, 0.29) is 0 Å². The van der Waals surface area contributed by atoms with Gasteiger partial charge in [0.05, 0.1) is 14.2 Å². The zero-order valence-corrected chi connectivity index (χ0v) is 14.8. The second kappa shape index (κ2) is 4.67. The van der Waals surface area contributed by atoms with Crippen molar-refractivity contribution < 1.29 is 42.7 Å².